The van der Waals surface area contributed by atoms with Gasteiger partial charge in [0.1, 0.15) is 5.82 Å². The molecule has 1 aliphatic heterocycles. The molecule has 0 N–H and O–H groups in total. The lowest BCUT2D eigenvalue weighted by Crippen LogP contribution is -2.33. The number of alkyl halides is 3. The predicted octanol–water partition coefficient (Wildman–Crippen LogP) is 5.87. The van der Waals surface area contributed by atoms with Crippen LogP contribution < -0.4 is 0 Å². The molecule has 1 atom stereocenters. The van der Waals surface area contributed by atoms with Gasteiger partial charge in [-0.05, 0) is 61.2 Å². The average molecular weight is 497 g/mol. The van der Waals surface area contributed by atoms with Gasteiger partial charge in [0.05, 0.1) is 24.6 Å². The van der Waals surface area contributed by atoms with Gasteiger partial charge in [-0.2, -0.15) is 13.2 Å². The standard InChI is InChI=1S/C23H21Cl2F3N4O/c1-14-29-30-22(32(14)13-15-4-7-18(24)8-5-15)20-3-2-10-31(20)21(33)12-16-11-17(23(26,27)28)6-9-19(16)25/h4-9,11,20H,2-3,10,12-13H2,1H3/t20-/m1/s1. The van der Waals surface area contributed by atoms with Crippen LogP contribution in [0, 0.1) is 6.92 Å². The maximum absolute atomic E-state index is 13.1. The number of amides is 1. The van der Waals surface area contributed by atoms with Crippen LogP contribution in [-0.4, -0.2) is 32.1 Å². The fourth-order valence-corrected chi connectivity index (χ4v) is 4.41. The van der Waals surface area contributed by atoms with Crippen molar-refractivity contribution in [2.24, 2.45) is 0 Å². The Morgan fingerprint density at radius 3 is 2.55 bits per heavy atom. The van der Waals surface area contributed by atoms with Gasteiger partial charge in [-0.25, -0.2) is 0 Å². The quantitative estimate of drug-likeness (QED) is 0.444. The third-order valence-corrected chi connectivity index (χ3v) is 6.42. The van der Waals surface area contributed by atoms with Crippen LogP contribution in [0.4, 0.5) is 13.2 Å². The molecular formula is C23H21Cl2F3N4O. The van der Waals surface area contributed by atoms with Crippen LogP contribution in [-0.2, 0) is 23.9 Å². The number of hydrogen-bond donors (Lipinski definition) is 0. The highest BCUT2D eigenvalue weighted by atomic mass is 35.5. The Bertz CT molecular complexity index is 1160. The maximum Gasteiger partial charge on any atom is 0.416 e. The lowest BCUT2D eigenvalue weighted by molar-refractivity contribution is -0.138. The smallest absolute Gasteiger partial charge is 0.332 e. The number of benzene rings is 2. The van der Waals surface area contributed by atoms with Gasteiger partial charge in [-0.1, -0.05) is 35.3 Å². The molecule has 5 nitrogen and oxygen atoms in total. The van der Waals surface area contributed by atoms with E-state index in [0.717, 1.165) is 24.1 Å². The zero-order valence-corrected chi connectivity index (χ0v) is 19.3. The summed E-state index contributed by atoms with van der Waals surface area (Å²) in [6, 6.07) is 10.2. The van der Waals surface area contributed by atoms with Gasteiger partial charge in [0.2, 0.25) is 5.91 Å². The second-order valence-electron chi connectivity index (χ2n) is 8.04. The number of aromatic nitrogens is 3. The molecule has 2 aromatic carbocycles. The molecule has 1 aliphatic rings. The number of rotatable bonds is 5. The number of nitrogens with zero attached hydrogens (tertiary/aromatic N) is 4. The minimum absolute atomic E-state index is 0.133. The van der Waals surface area contributed by atoms with Gasteiger partial charge >= 0.3 is 6.18 Å². The van der Waals surface area contributed by atoms with Crippen LogP contribution in [0.3, 0.4) is 0 Å². The van der Waals surface area contributed by atoms with Crippen LogP contribution in [0.15, 0.2) is 42.5 Å². The van der Waals surface area contributed by atoms with Crippen molar-refractivity contribution in [2.45, 2.75) is 44.9 Å². The Morgan fingerprint density at radius 2 is 1.85 bits per heavy atom. The van der Waals surface area contributed by atoms with Crippen molar-refractivity contribution in [3.8, 4) is 0 Å². The summed E-state index contributed by atoms with van der Waals surface area (Å²) in [5, 5.41) is 9.31. The normalized spacial score (nSPS) is 16.4. The van der Waals surface area contributed by atoms with Crippen LogP contribution >= 0.6 is 23.2 Å². The van der Waals surface area contributed by atoms with Crippen LogP contribution in [0.1, 0.15) is 47.2 Å². The Hall–Kier alpha value is -2.58. The molecule has 1 aromatic heterocycles. The lowest BCUT2D eigenvalue weighted by atomic mass is 10.1. The zero-order chi connectivity index (χ0) is 23.8. The van der Waals surface area contributed by atoms with E-state index in [2.05, 4.69) is 10.2 Å². The van der Waals surface area contributed by atoms with E-state index in [0.29, 0.717) is 36.2 Å². The second kappa shape index (κ2) is 9.35. The highest BCUT2D eigenvalue weighted by Gasteiger charge is 2.35. The van der Waals surface area contributed by atoms with Gasteiger partial charge < -0.3 is 9.47 Å². The fourth-order valence-electron chi connectivity index (χ4n) is 4.10. The van der Waals surface area contributed by atoms with Crippen molar-refractivity contribution in [1.82, 2.24) is 19.7 Å². The largest absolute Gasteiger partial charge is 0.416 e. The first-order valence-corrected chi connectivity index (χ1v) is 11.2. The first-order valence-electron chi connectivity index (χ1n) is 10.4. The van der Waals surface area contributed by atoms with Gasteiger partial charge in [0.15, 0.2) is 5.82 Å². The van der Waals surface area contributed by atoms with Gasteiger partial charge in [0.25, 0.3) is 0 Å². The summed E-state index contributed by atoms with van der Waals surface area (Å²) < 4.78 is 41.3. The topological polar surface area (TPSA) is 51.0 Å². The number of carbonyl (C=O) groups is 1. The highest BCUT2D eigenvalue weighted by molar-refractivity contribution is 6.31. The third-order valence-electron chi connectivity index (χ3n) is 5.80. The molecule has 0 aliphatic carbocycles. The molecule has 3 aromatic rings. The molecule has 0 spiro atoms. The molecule has 1 amide bonds. The molecule has 1 saturated heterocycles. The Kier molecular flexibility index (Phi) is 6.68. The van der Waals surface area contributed by atoms with Crippen molar-refractivity contribution in [1.29, 1.82) is 0 Å². The Morgan fingerprint density at radius 1 is 1.12 bits per heavy atom. The molecule has 2 heterocycles. The van der Waals surface area contributed by atoms with E-state index in [-0.39, 0.29) is 29.0 Å². The zero-order valence-electron chi connectivity index (χ0n) is 17.7. The summed E-state index contributed by atoms with van der Waals surface area (Å²) in [7, 11) is 0. The summed E-state index contributed by atoms with van der Waals surface area (Å²) in [6.07, 6.45) is -3.27. The molecule has 4 rings (SSSR count). The number of carbonyl (C=O) groups excluding carboxylic acids is 1. The average Bonchev–Trinajstić information content (AvgIpc) is 3.37. The molecule has 10 heteroatoms. The van der Waals surface area contributed by atoms with Crippen molar-refractivity contribution < 1.29 is 18.0 Å². The van der Waals surface area contributed by atoms with E-state index in [1.807, 2.05) is 23.6 Å². The number of halogens is 5. The molecular weight excluding hydrogens is 476 g/mol. The van der Waals surface area contributed by atoms with Gasteiger partial charge in [0, 0.05) is 16.6 Å². The van der Waals surface area contributed by atoms with Gasteiger partial charge in [-0.15, -0.1) is 10.2 Å². The van der Waals surface area contributed by atoms with Crippen molar-refractivity contribution in [2.75, 3.05) is 6.54 Å². The fraction of sp³-hybridized carbons (Fsp3) is 0.348. The number of hydrogen-bond acceptors (Lipinski definition) is 3. The molecule has 0 bridgehead atoms. The molecule has 33 heavy (non-hydrogen) atoms. The molecule has 0 unspecified atom stereocenters. The van der Waals surface area contributed by atoms with E-state index >= 15 is 0 Å². The molecule has 1 fully saturated rings. The first kappa shape index (κ1) is 23.6. The Labute approximate surface area is 199 Å². The molecule has 0 saturated carbocycles. The SMILES string of the molecule is Cc1nnc([C@H]2CCCN2C(=O)Cc2cc(C(F)(F)F)ccc2Cl)n1Cc1ccc(Cl)cc1. The summed E-state index contributed by atoms with van der Waals surface area (Å²) >= 11 is 12.1. The van der Waals surface area contributed by atoms with E-state index < -0.39 is 11.7 Å². The highest BCUT2D eigenvalue weighted by Crippen LogP contribution is 2.35. The summed E-state index contributed by atoms with van der Waals surface area (Å²) in [4.78, 5) is 14.8. The van der Waals surface area contributed by atoms with Crippen LogP contribution in [0.25, 0.3) is 0 Å². The minimum atomic E-state index is -4.51. The second-order valence-corrected chi connectivity index (χ2v) is 8.89. The van der Waals surface area contributed by atoms with Crippen molar-refractivity contribution in [3.63, 3.8) is 0 Å². The van der Waals surface area contributed by atoms with E-state index in [4.69, 9.17) is 23.2 Å². The number of likely N-dealkylation sites (tertiary alicyclic amines) is 1. The van der Waals surface area contributed by atoms with E-state index in [9.17, 15) is 18.0 Å². The van der Waals surface area contributed by atoms with E-state index in [1.165, 1.54) is 6.07 Å². The molecule has 0 radical (unpaired) electrons. The number of aryl methyl sites for hydroxylation is 1. The van der Waals surface area contributed by atoms with Crippen LogP contribution in [0.5, 0.6) is 0 Å². The first-order chi connectivity index (χ1) is 15.6. The maximum atomic E-state index is 13.1. The predicted molar refractivity (Wildman–Crippen MR) is 119 cm³/mol. The lowest BCUT2D eigenvalue weighted by Gasteiger charge is -2.25. The summed E-state index contributed by atoms with van der Waals surface area (Å²) in [5.41, 5.74) is 0.335. The van der Waals surface area contributed by atoms with E-state index in [1.54, 1.807) is 17.0 Å². The summed E-state index contributed by atoms with van der Waals surface area (Å²) in [6.45, 7) is 2.85. The van der Waals surface area contributed by atoms with Crippen LogP contribution in [0.2, 0.25) is 10.0 Å². The van der Waals surface area contributed by atoms with Gasteiger partial charge in [-0.3, -0.25) is 4.79 Å². The van der Waals surface area contributed by atoms with Crippen molar-refractivity contribution in [3.05, 3.63) is 80.8 Å². The summed E-state index contributed by atoms with van der Waals surface area (Å²) in [5.74, 6) is 1.07. The molecule has 174 valence electrons. The minimum Gasteiger partial charge on any atom is -0.332 e. The monoisotopic (exact) mass is 496 g/mol. The van der Waals surface area contributed by atoms with Crippen molar-refractivity contribution >= 4 is 29.1 Å². The third kappa shape index (κ3) is 5.17. The Balaban J connectivity index is 1.57.